The van der Waals surface area contributed by atoms with E-state index in [4.69, 9.17) is 0 Å². The number of nitrogens with one attached hydrogen (secondary N) is 2. The van der Waals surface area contributed by atoms with E-state index >= 15 is 0 Å². The Kier molecular flexibility index (Phi) is 6.71. The topological polar surface area (TPSA) is 93.2 Å². The van der Waals surface area contributed by atoms with E-state index in [1.807, 2.05) is 0 Å². The van der Waals surface area contributed by atoms with Gasteiger partial charge in [0.25, 0.3) is 5.91 Å². The zero-order valence-electron chi connectivity index (χ0n) is 14.2. The summed E-state index contributed by atoms with van der Waals surface area (Å²) in [5, 5.41) is 15.0. The summed E-state index contributed by atoms with van der Waals surface area (Å²) < 4.78 is 40.6. The molecule has 152 valence electrons. The van der Waals surface area contributed by atoms with Gasteiger partial charge >= 0.3 is 6.36 Å². The number of nitrogens with zero attached hydrogens (tertiary/aromatic N) is 2. The smallest absolute Gasteiger partial charge is 0.406 e. The Bertz CT molecular complexity index is 975. The summed E-state index contributed by atoms with van der Waals surface area (Å²) in [5.41, 5.74) is 0.325. The number of thioether (sulfide) groups is 1. The molecule has 0 unspecified atom stereocenters. The fourth-order valence-corrected chi connectivity index (χ4v) is 4.12. The lowest BCUT2D eigenvalue weighted by Gasteiger charge is -2.09. The molecule has 0 aliphatic carbocycles. The molecule has 0 atom stereocenters. The van der Waals surface area contributed by atoms with Crippen LogP contribution in [0.25, 0.3) is 0 Å². The second-order valence-electron chi connectivity index (χ2n) is 5.21. The molecule has 1 aromatic carbocycles. The van der Waals surface area contributed by atoms with Gasteiger partial charge in [-0.05, 0) is 35.7 Å². The second-order valence-corrected chi connectivity index (χ2v) is 8.36. The van der Waals surface area contributed by atoms with Gasteiger partial charge in [0.05, 0.1) is 10.6 Å². The molecular formula is C16H11F3N4O3S3. The monoisotopic (exact) mass is 460 g/mol. The number of carbonyl (C=O) groups excluding carboxylic acids is 2. The van der Waals surface area contributed by atoms with Gasteiger partial charge in [0.15, 0.2) is 4.34 Å². The molecule has 3 aromatic rings. The van der Waals surface area contributed by atoms with Crippen LogP contribution in [0.3, 0.4) is 0 Å². The van der Waals surface area contributed by atoms with Crippen molar-refractivity contribution in [3.05, 3.63) is 46.7 Å². The van der Waals surface area contributed by atoms with E-state index in [0.29, 0.717) is 20.0 Å². The fourth-order valence-electron chi connectivity index (χ4n) is 1.95. The van der Waals surface area contributed by atoms with E-state index in [0.717, 1.165) is 35.2 Å². The molecule has 2 amide bonds. The van der Waals surface area contributed by atoms with Gasteiger partial charge in [-0.3, -0.25) is 14.9 Å². The van der Waals surface area contributed by atoms with Gasteiger partial charge in [-0.1, -0.05) is 29.2 Å². The van der Waals surface area contributed by atoms with Gasteiger partial charge in [-0.15, -0.1) is 34.7 Å². The number of thiophene rings is 1. The third-order valence-electron chi connectivity index (χ3n) is 3.07. The molecule has 3 rings (SSSR count). The zero-order chi connectivity index (χ0) is 20.9. The Labute approximate surface area is 174 Å². The number of aromatic nitrogens is 2. The number of halogens is 3. The highest BCUT2D eigenvalue weighted by atomic mass is 32.2. The minimum atomic E-state index is -4.77. The summed E-state index contributed by atoms with van der Waals surface area (Å²) >= 11 is 3.54. The number of carbonyl (C=O) groups is 2. The fraction of sp³-hybridized carbons (Fsp3) is 0.125. The van der Waals surface area contributed by atoms with E-state index in [-0.39, 0.29) is 23.3 Å². The maximum absolute atomic E-state index is 12.1. The van der Waals surface area contributed by atoms with Gasteiger partial charge in [-0.2, -0.15) is 0 Å². The first-order valence-corrected chi connectivity index (χ1v) is 10.4. The van der Waals surface area contributed by atoms with Crippen molar-refractivity contribution in [2.24, 2.45) is 0 Å². The minimum Gasteiger partial charge on any atom is -0.406 e. The molecule has 0 radical (unpaired) electrons. The number of rotatable bonds is 7. The maximum Gasteiger partial charge on any atom is 0.573 e. The minimum absolute atomic E-state index is 0.00824. The predicted molar refractivity (Wildman–Crippen MR) is 105 cm³/mol. The number of alkyl halides is 3. The summed E-state index contributed by atoms with van der Waals surface area (Å²) in [5.74, 6) is -1.04. The van der Waals surface area contributed by atoms with Crippen LogP contribution < -0.4 is 15.4 Å². The number of hydrogen-bond donors (Lipinski definition) is 2. The molecule has 0 aliphatic rings. The highest BCUT2D eigenvalue weighted by molar-refractivity contribution is 8.01. The average molecular weight is 460 g/mol. The lowest BCUT2D eigenvalue weighted by molar-refractivity contribution is -0.274. The van der Waals surface area contributed by atoms with Crippen LogP contribution in [0.2, 0.25) is 0 Å². The zero-order valence-corrected chi connectivity index (χ0v) is 16.7. The number of hydrogen-bond acceptors (Lipinski definition) is 8. The van der Waals surface area contributed by atoms with E-state index < -0.39 is 6.36 Å². The molecule has 0 saturated carbocycles. The molecule has 2 aromatic heterocycles. The molecule has 2 heterocycles. The van der Waals surface area contributed by atoms with Gasteiger partial charge < -0.3 is 10.1 Å². The first-order valence-electron chi connectivity index (χ1n) is 7.75. The third kappa shape index (κ3) is 6.73. The van der Waals surface area contributed by atoms with Gasteiger partial charge in [0, 0.05) is 5.69 Å². The van der Waals surface area contributed by atoms with Crippen molar-refractivity contribution >= 4 is 57.1 Å². The van der Waals surface area contributed by atoms with Gasteiger partial charge in [0.2, 0.25) is 11.0 Å². The first kappa shape index (κ1) is 21.1. The summed E-state index contributed by atoms with van der Waals surface area (Å²) in [6.07, 6.45) is -4.77. The highest BCUT2D eigenvalue weighted by Crippen LogP contribution is 2.27. The molecule has 7 nitrogen and oxygen atoms in total. The Morgan fingerprint density at radius 1 is 1.10 bits per heavy atom. The molecule has 13 heteroatoms. The van der Waals surface area contributed by atoms with Gasteiger partial charge in [0.1, 0.15) is 5.75 Å². The number of anilines is 2. The molecule has 29 heavy (non-hydrogen) atoms. The Morgan fingerprint density at radius 3 is 2.52 bits per heavy atom. The number of benzene rings is 1. The van der Waals surface area contributed by atoms with Crippen molar-refractivity contribution < 1.29 is 27.5 Å². The van der Waals surface area contributed by atoms with Crippen LogP contribution in [-0.4, -0.2) is 34.1 Å². The molecule has 0 bridgehead atoms. The number of amides is 2. The summed E-state index contributed by atoms with van der Waals surface area (Å²) in [6.45, 7) is 0. The van der Waals surface area contributed by atoms with Crippen LogP contribution >= 0.6 is 34.4 Å². The average Bonchev–Trinajstić information content (AvgIpc) is 3.32. The lowest BCUT2D eigenvalue weighted by atomic mass is 10.3. The predicted octanol–water partition coefficient (Wildman–Crippen LogP) is 4.48. The van der Waals surface area contributed by atoms with Gasteiger partial charge in [-0.25, -0.2) is 0 Å². The second kappa shape index (κ2) is 9.24. The van der Waals surface area contributed by atoms with Crippen molar-refractivity contribution in [3.8, 4) is 5.75 Å². The summed E-state index contributed by atoms with van der Waals surface area (Å²) in [4.78, 5) is 24.5. The van der Waals surface area contributed by atoms with Crippen LogP contribution in [0, 0.1) is 0 Å². The highest BCUT2D eigenvalue weighted by Gasteiger charge is 2.30. The lowest BCUT2D eigenvalue weighted by Crippen LogP contribution is -2.17. The maximum atomic E-state index is 12.1. The van der Waals surface area contributed by atoms with Crippen LogP contribution in [0.15, 0.2) is 46.1 Å². The van der Waals surface area contributed by atoms with Crippen molar-refractivity contribution in [1.82, 2.24) is 10.2 Å². The largest absolute Gasteiger partial charge is 0.573 e. The van der Waals surface area contributed by atoms with Crippen LogP contribution in [0.1, 0.15) is 9.67 Å². The van der Waals surface area contributed by atoms with E-state index in [1.54, 1.807) is 17.5 Å². The molecule has 0 aliphatic heterocycles. The van der Waals surface area contributed by atoms with Crippen LogP contribution in [0.5, 0.6) is 5.75 Å². The standard InChI is InChI=1S/C16H11F3N4O3S3/c17-16(18,19)26-10-5-3-9(4-6-10)20-12(24)8-28-15-23-22-14(29-15)21-13(25)11-2-1-7-27-11/h1-7H,8H2,(H,20,24)(H,21,22,25). The van der Waals surface area contributed by atoms with Crippen molar-refractivity contribution in [2.45, 2.75) is 10.7 Å². The molecule has 0 fully saturated rings. The SMILES string of the molecule is O=C(CSc1nnc(NC(=O)c2cccs2)s1)Nc1ccc(OC(F)(F)F)cc1. The van der Waals surface area contributed by atoms with E-state index in [9.17, 15) is 22.8 Å². The van der Waals surface area contributed by atoms with Crippen LogP contribution in [0.4, 0.5) is 24.0 Å². The Balaban J connectivity index is 1.46. The normalized spacial score (nSPS) is 11.1. The van der Waals surface area contributed by atoms with Crippen molar-refractivity contribution in [1.29, 1.82) is 0 Å². The molecular weight excluding hydrogens is 449 g/mol. The van der Waals surface area contributed by atoms with E-state index in [1.165, 1.54) is 23.5 Å². The summed E-state index contributed by atoms with van der Waals surface area (Å²) in [7, 11) is 0. The van der Waals surface area contributed by atoms with Crippen molar-refractivity contribution in [2.75, 3.05) is 16.4 Å². The number of ether oxygens (including phenoxy) is 1. The van der Waals surface area contributed by atoms with Crippen LogP contribution in [-0.2, 0) is 4.79 Å². The summed E-state index contributed by atoms with van der Waals surface area (Å²) in [6, 6.07) is 8.24. The molecule has 2 N–H and O–H groups in total. The first-order chi connectivity index (χ1) is 13.8. The van der Waals surface area contributed by atoms with E-state index in [2.05, 4.69) is 25.6 Å². The molecule has 0 saturated heterocycles. The Hall–Kier alpha value is -2.64. The Morgan fingerprint density at radius 2 is 1.86 bits per heavy atom. The third-order valence-corrected chi connectivity index (χ3v) is 5.91. The molecule has 0 spiro atoms. The van der Waals surface area contributed by atoms with Crippen molar-refractivity contribution in [3.63, 3.8) is 0 Å². The quantitative estimate of drug-likeness (QED) is 0.399.